The Labute approximate surface area is 169 Å². The van der Waals surface area contributed by atoms with Gasteiger partial charge in [-0.3, -0.25) is 4.98 Å². The van der Waals surface area contributed by atoms with E-state index in [1.54, 1.807) is 6.20 Å². The molecule has 2 aromatic heterocycles. The van der Waals surface area contributed by atoms with Gasteiger partial charge in [-0.05, 0) is 48.9 Å². The van der Waals surface area contributed by atoms with Gasteiger partial charge in [-0.15, -0.1) is 0 Å². The molecule has 1 N–H and O–H groups in total. The summed E-state index contributed by atoms with van der Waals surface area (Å²) in [6, 6.07) is 14.1. The number of fused-ring (bicyclic) bond motifs is 1. The van der Waals surface area contributed by atoms with E-state index in [-0.39, 0.29) is 18.0 Å². The maximum absolute atomic E-state index is 12.8. The summed E-state index contributed by atoms with van der Waals surface area (Å²) in [5.74, 6) is 1.33. The van der Waals surface area contributed by atoms with Gasteiger partial charge < -0.3 is 14.7 Å². The van der Waals surface area contributed by atoms with Gasteiger partial charge in [0.25, 0.3) is 0 Å². The fraction of sp³-hybridized carbons (Fsp3) is 0.364. The molecular weight excluding hydrogens is 366 g/mol. The molecule has 3 heterocycles. The van der Waals surface area contributed by atoms with Crippen LogP contribution in [-0.2, 0) is 6.42 Å². The number of rotatable bonds is 3. The molecule has 1 saturated heterocycles. The van der Waals surface area contributed by atoms with Crippen molar-refractivity contribution in [3.63, 3.8) is 0 Å². The molecular formula is C22H23N5O2. The Kier molecular flexibility index (Phi) is 4.71. The van der Waals surface area contributed by atoms with E-state index in [0.717, 1.165) is 25.7 Å². The predicted octanol–water partition coefficient (Wildman–Crippen LogP) is 3.71. The smallest absolute Gasteiger partial charge is 0.317 e. The molecule has 7 nitrogen and oxygen atoms in total. The molecule has 1 atom stereocenters. The van der Waals surface area contributed by atoms with Crippen molar-refractivity contribution in [2.75, 3.05) is 13.1 Å². The van der Waals surface area contributed by atoms with Crippen LogP contribution in [0, 0.1) is 0 Å². The van der Waals surface area contributed by atoms with Gasteiger partial charge in [0.15, 0.2) is 0 Å². The molecule has 5 rings (SSSR count). The van der Waals surface area contributed by atoms with Crippen LogP contribution in [0.4, 0.5) is 4.79 Å². The molecule has 0 spiro atoms. The van der Waals surface area contributed by atoms with E-state index in [0.29, 0.717) is 30.5 Å². The second-order valence-corrected chi connectivity index (χ2v) is 7.67. The maximum Gasteiger partial charge on any atom is 0.317 e. The van der Waals surface area contributed by atoms with Gasteiger partial charge in [-0.1, -0.05) is 35.5 Å². The first-order valence-corrected chi connectivity index (χ1v) is 10.2. The number of hydrogen-bond donors (Lipinski definition) is 1. The SMILES string of the molecule is O=C(NC1CCc2ccccc21)N1CCC(c2nc(-c3ccccn3)no2)CC1. The lowest BCUT2D eigenvalue weighted by Gasteiger charge is -2.31. The van der Waals surface area contributed by atoms with Crippen molar-refractivity contribution in [2.24, 2.45) is 0 Å². The third-order valence-corrected chi connectivity index (χ3v) is 5.90. The van der Waals surface area contributed by atoms with Gasteiger partial charge in [-0.25, -0.2) is 4.79 Å². The van der Waals surface area contributed by atoms with Crippen LogP contribution in [0.25, 0.3) is 11.5 Å². The van der Waals surface area contributed by atoms with Crippen LogP contribution < -0.4 is 5.32 Å². The summed E-state index contributed by atoms with van der Waals surface area (Å²) in [4.78, 5) is 23.4. The molecule has 148 valence electrons. The quantitative estimate of drug-likeness (QED) is 0.738. The molecule has 2 aliphatic rings. The van der Waals surface area contributed by atoms with Crippen molar-refractivity contribution in [3.05, 3.63) is 65.7 Å². The number of aromatic nitrogens is 3. The summed E-state index contributed by atoms with van der Waals surface area (Å²) in [5, 5.41) is 7.28. The lowest BCUT2D eigenvalue weighted by Crippen LogP contribution is -2.45. The molecule has 2 amide bonds. The second-order valence-electron chi connectivity index (χ2n) is 7.67. The third-order valence-electron chi connectivity index (χ3n) is 5.90. The number of nitrogens with zero attached hydrogens (tertiary/aromatic N) is 4. The standard InChI is InChI=1S/C22H23N5O2/c28-22(24-18-9-8-15-5-1-2-6-17(15)18)27-13-10-16(11-14-27)21-25-20(26-29-21)19-7-3-4-12-23-19/h1-7,12,16,18H,8-11,13-14H2,(H,24,28). The van der Waals surface area contributed by atoms with E-state index in [4.69, 9.17) is 4.52 Å². The van der Waals surface area contributed by atoms with Crippen molar-refractivity contribution in [3.8, 4) is 11.5 Å². The van der Waals surface area contributed by atoms with Gasteiger partial charge in [0.05, 0.1) is 6.04 Å². The number of hydrogen-bond acceptors (Lipinski definition) is 5. The van der Waals surface area contributed by atoms with Crippen molar-refractivity contribution >= 4 is 6.03 Å². The molecule has 29 heavy (non-hydrogen) atoms. The Balaban J connectivity index is 1.18. The zero-order valence-corrected chi connectivity index (χ0v) is 16.1. The Hall–Kier alpha value is -3.22. The van der Waals surface area contributed by atoms with E-state index >= 15 is 0 Å². The Morgan fingerprint density at radius 1 is 1.07 bits per heavy atom. The van der Waals surface area contributed by atoms with Gasteiger partial charge in [-0.2, -0.15) is 4.98 Å². The number of carbonyl (C=O) groups is 1. The topological polar surface area (TPSA) is 84.2 Å². The lowest BCUT2D eigenvalue weighted by molar-refractivity contribution is 0.172. The van der Waals surface area contributed by atoms with Crippen molar-refractivity contribution < 1.29 is 9.32 Å². The summed E-state index contributed by atoms with van der Waals surface area (Å²) in [6.07, 6.45) is 5.35. The number of piperidine rings is 1. The summed E-state index contributed by atoms with van der Waals surface area (Å²) in [7, 11) is 0. The number of amides is 2. The Morgan fingerprint density at radius 2 is 1.90 bits per heavy atom. The molecule has 1 unspecified atom stereocenters. The van der Waals surface area contributed by atoms with E-state index < -0.39 is 0 Å². The first kappa shape index (κ1) is 17.8. The fourth-order valence-corrected chi connectivity index (χ4v) is 4.28. The molecule has 7 heteroatoms. The van der Waals surface area contributed by atoms with Crippen LogP contribution in [0.15, 0.2) is 53.2 Å². The van der Waals surface area contributed by atoms with Crippen LogP contribution in [0.3, 0.4) is 0 Å². The van der Waals surface area contributed by atoms with Crippen LogP contribution in [0.1, 0.15) is 48.2 Å². The molecule has 1 fully saturated rings. The monoisotopic (exact) mass is 389 g/mol. The maximum atomic E-state index is 12.8. The minimum absolute atomic E-state index is 0.0184. The van der Waals surface area contributed by atoms with Crippen molar-refractivity contribution in [1.82, 2.24) is 25.3 Å². The van der Waals surface area contributed by atoms with Gasteiger partial charge in [0.2, 0.25) is 11.7 Å². The van der Waals surface area contributed by atoms with Gasteiger partial charge in [0, 0.05) is 25.2 Å². The highest BCUT2D eigenvalue weighted by atomic mass is 16.5. The fourth-order valence-electron chi connectivity index (χ4n) is 4.28. The zero-order valence-electron chi connectivity index (χ0n) is 16.1. The number of carbonyl (C=O) groups excluding carboxylic acids is 1. The molecule has 0 radical (unpaired) electrons. The Bertz CT molecular complexity index is 995. The highest BCUT2D eigenvalue weighted by molar-refractivity contribution is 5.75. The molecule has 1 aliphatic heterocycles. The van der Waals surface area contributed by atoms with Crippen LogP contribution in [-0.4, -0.2) is 39.1 Å². The number of nitrogens with one attached hydrogen (secondary N) is 1. The number of urea groups is 1. The number of likely N-dealkylation sites (tertiary alicyclic amines) is 1. The Morgan fingerprint density at radius 3 is 2.72 bits per heavy atom. The minimum atomic E-state index is 0.0184. The van der Waals surface area contributed by atoms with E-state index in [1.165, 1.54) is 11.1 Å². The second kappa shape index (κ2) is 7.66. The summed E-state index contributed by atoms with van der Waals surface area (Å²) in [6.45, 7) is 1.37. The summed E-state index contributed by atoms with van der Waals surface area (Å²) < 4.78 is 5.48. The number of benzene rings is 1. The molecule has 3 aromatic rings. The van der Waals surface area contributed by atoms with E-state index in [1.807, 2.05) is 29.2 Å². The molecule has 0 saturated carbocycles. The van der Waals surface area contributed by atoms with E-state index in [9.17, 15) is 4.79 Å². The van der Waals surface area contributed by atoms with Crippen molar-refractivity contribution in [1.29, 1.82) is 0 Å². The largest absolute Gasteiger partial charge is 0.339 e. The van der Waals surface area contributed by atoms with Crippen LogP contribution >= 0.6 is 0 Å². The number of pyridine rings is 1. The predicted molar refractivity (Wildman–Crippen MR) is 107 cm³/mol. The van der Waals surface area contributed by atoms with Gasteiger partial charge in [0.1, 0.15) is 5.69 Å². The summed E-state index contributed by atoms with van der Waals surface area (Å²) in [5.41, 5.74) is 3.30. The average Bonchev–Trinajstić information content (AvgIpc) is 3.43. The minimum Gasteiger partial charge on any atom is -0.339 e. The highest BCUT2D eigenvalue weighted by Gasteiger charge is 2.30. The highest BCUT2D eigenvalue weighted by Crippen LogP contribution is 2.32. The normalized spacial score (nSPS) is 19.2. The number of aryl methyl sites for hydroxylation is 1. The summed E-state index contributed by atoms with van der Waals surface area (Å²) >= 11 is 0. The van der Waals surface area contributed by atoms with Crippen LogP contribution in [0.2, 0.25) is 0 Å². The van der Waals surface area contributed by atoms with Gasteiger partial charge >= 0.3 is 6.03 Å². The average molecular weight is 389 g/mol. The van der Waals surface area contributed by atoms with Crippen LogP contribution in [0.5, 0.6) is 0 Å². The first-order valence-electron chi connectivity index (χ1n) is 10.2. The first-order chi connectivity index (χ1) is 14.3. The van der Waals surface area contributed by atoms with Crippen molar-refractivity contribution in [2.45, 2.75) is 37.6 Å². The zero-order chi connectivity index (χ0) is 19.6. The van der Waals surface area contributed by atoms with E-state index in [2.05, 4.69) is 38.6 Å². The lowest BCUT2D eigenvalue weighted by atomic mass is 9.97. The molecule has 0 bridgehead atoms. The third kappa shape index (κ3) is 3.60. The molecule has 1 aromatic carbocycles. The molecule has 1 aliphatic carbocycles.